The van der Waals surface area contributed by atoms with Crippen LogP contribution in [0.5, 0.6) is 5.75 Å². The lowest BCUT2D eigenvalue weighted by Gasteiger charge is -2.04. The molecule has 0 atom stereocenters. The Balaban J connectivity index is 1.74. The van der Waals surface area contributed by atoms with Crippen molar-refractivity contribution in [1.82, 2.24) is 0 Å². The number of amides is 1. The topological polar surface area (TPSA) is 38.3 Å². The third-order valence-electron chi connectivity index (χ3n) is 3.54. The van der Waals surface area contributed by atoms with Gasteiger partial charge in [0.1, 0.15) is 5.75 Å². The number of methoxy groups -OCH3 is 1. The zero-order valence-corrected chi connectivity index (χ0v) is 12.8. The van der Waals surface area contributed by atoms with Crippen molar-refractivity contribution in [2.75, 3.05) is 12.4 Å². The van der Waals surface area contributed by atoms with Gasteiger partial charge >= 0.3 is 0 Å². The predicted molar refractivity (Wildman–Crippen MR) is 94.6 cm³/mol. The first kappa shape index (κ1) is 14.9. The Morgan fingerprint density at radius 3 is 2.48 bits per heavy atom. The molecule has 0 unspecified atom stereocenters. The van der Waals surface area contributed by atoms with Crippen LogP contribution in [0, 0.1) is 0 Å². The summed E-state index contributed by atoms with van der Waals surface area (Å²) in [6, 6.07) is 21.4. The molecule has 0 spiro atoms. The van der Waals surface area contributed by atoms with Crippen molar-refractivity contribution in [2.24, 2.45) is 0 Å². The third kappa shape index (κ3) is 3.77. The number of para-hydroxylation sites is 1. The van der Waals surface area contributed by atoms with Crippen LogP contribution < -0.4 is 10.1 Å². The first-order valence-electron chi connectivity index (χ1n) is 7.36. The fourth-order valence-electron chi connectivity index (χ4n) is 2.35. The average molecular weight is 303 g/mol. The maximum Gasteiger partial charge on any atom is 0.248 e. The summed E-state index contributed by atoms with van der Waals surface area (Å²) in [5, 5.41) is 5.04. The molecule has 0 bridgehead atoms. The fraction of sp³-hybridized carbons (Fsp3) is 0.0500. The number of benzene rings is 3. The van der Waals surface area contributed by atoms with E-state index in [1.165, 1.54) is 6.08 Å². The van der Waals surface area contributed by atoms with Gasteiger partial charge in [-0.1, -0.05) is 36.4 Å². The molecule has 3 aromatic carbocycles. The number of nitrogens with one attached hydrogen (secondary N) is 1. The Morgan fingerprint density at radius 2 is 1.70 bits per heavy atom. The molecule has 0 saturated carbocycles. The molecule has 0 fully saturated rings. The number of rotatable bonds is 4. The van der Waals surface area contributed by atoms with E-state index in [0.717, 1.165) is 27.8 Å². The number of ether oxygens (including phenoxy) is 1. The van der Waals surface area contributed by atoms with E-state index in [1.807, 2.05) is 72.8 Å². The Hall–Kier alpha value is -3.07. The monoisotopic (exact) mass is 303 g/mol. The van der Waals surface area contributed by atoms with Gasteiger partial charge in [0, 0.05) is 11.8 Å². The summed E-state index contributed by atoms with van der Waals surface area (Å²) in [4.78, 5) is 11.9. The molecule has 0 saturated heterocycles. The van der Waals surface area contributed by atoms with E-state index < -0.39 is 0 Å². The lowest BCUT2D eigenvalue weighted by molar-refractivity contribution is -0.111. The number of anilines is 1. The van der Waals surface area contributed by atoms with Crippen molar-refractivity contribution in [2.45, 2.75) is 0 Å². The second kappa shape index (κ2) is 6.79. The molecule has 0 aromatic heterocycles. The van der Waals surface area contributed by atoms with Crippen LogP contribution in [0.25, 0.3) is 16.8 Å². The molecule has 0 aliphatic rings. The van der Waals surface area contributed by atoms with Gasteiger partial charge in [0.15, 0.2) is 0 Å². The highest BCUT2D eigenvalue weighted by atomic mass is 16.5. The van der Waals surface area contributed by atoms with Crippen LogP contribution >= 0.6 is 0 Å². The first-order valence-corrected chi connectivity index (χ1v) is 7.36. The normalized spacial score (nSPS) is 10.8. The van der Waals surface area contributed by atoms with Crippen molar-refractivity contribution in [3.8, 4) is 5.75 Å². The molecule has 114 valence electrons. The van der Waals surface area contributed by atoms with Crippen molar-refractivity contribution < 1.29 is 9.53 Å². The fourth-order valence-corrected chi connectivity index (χ4v) is 2.35. The SMILES string of the molecule is COc1ccc2cc(/C=C/C(=O)Nc3ccccc3)ccc2c1. The smallest absolute Gasteiger partial charge is 0.248 e. The average Bonchev–Trinajstić information content (AvgIpc) is 2.60. The summed E-state index contributed by atoms with van der Waals surface area (Å²) in [5.74, 6) is 0.689. The van der Waals surface area contributed by atoms with Crippen LogP contribution in [0.4, 0.5) is 5.69 Å². The third-order valence-corrected chi connectivity index (χ3v) is 3.54. The molecule has 1 amide bonds. The van der Waals surface area contributed by atoms with E-state index in [-0.39, 0.29) is 5.91 Å². The highest BCUT2D eigenvalue weighted by Gasteiger charge is 1.99. The number of hydrogen-bond donors (Lipinski definition) is 1. The standard InChI is InChI=1S/C20H17NO2/c1-23-19-11-10-16-13-15(7-9-17(16)14-19)8-12-20(22)21-18-5-3-2-4-6-18/h2-14H,1H3,(H,21,22)/b12-8+. The van der Waals surface area contributed by atoms with Gasteiger partial charge in [0.2, 0.25) is 5.91 Å². The Bertz CT molecular complexity index is 854. The van der Waals surface area contributed by atoms with Gasteiger partial charge in [0.05, 0.1) is 7.11 Å². The predicted octanol–water partition coefficient (Wildman–Crippen LogP) is 4.50. The molecule has 0 heterocycles. The quantitative estimate of drug-likeness (QED) is 0.721. The highest BCUT2D eigenvalue weighted by Crippen LogP contribution is 2.22. The number of fused-ring (bicyclic) bond motifs is 1. The lowest BCUT2D eigenvalue weighted by atomic mass is 10.1. The van der Waals surface area contributed by atoms with Crippen LogP contribution in [0.15, 0.2) is 72.8 Å². The lowest BCUT2D eigenvalue weighted by Crippen LogP contribution is -2.07. The van der Waals surface area contributed by atoms with Crippen molar-refractivity contribution in [3.05, 3.63) is 78.4 Å². The molecule has 3 heteroatoms. The molecular formula is C20H17NO2. The Labute approximate surface area is 135 Å². The van der Waals surface area contributed by atoms with E-state index in [9.17, 15) is 4.79 Å². The van der Waals surface area contributed by atoms with Gasteiger partial charge in [0.25, 0.3) is 0 Å². The van der Waals surface area contributed by atoms with E-state index in [1.54, 1.807) is 7.11 Å². The summed E-state index contributed by atoms with van der Waals surface area (Å²) in [5.41, 5.74) is 1.76. The Morgan fingerprint density at radius 1 is 0.957 bits per heavy atom. The highest BCUT2D eigenvalue weighted by molar-refractivity contribution is 6.02. The van der Waals surface area contributed by atoms with Gasteiger partial charge in [-0.25, -0.2) is 0 Å². The molecule has 23 heavy (non-hydrogen) atoms. The molecule has 0 radical (unpaired) electrons. The molecule has 3 aromatic rings. The first-order chi connectivity index (χ1) is 11.2. The number of carbonyl (C=O) groups is 1. The van der Waals surface area contributed by atoms with Gasteiger partial charge < -0.3 is 10.1 Å². The van der Waals surface area contributed by atoms with Gasteiger partial charge in [-0.15, -0.1) is 0 Å². The largest absolute Gasteiger partial charge is 0.497 e. The molecular weight excluding hydrogens is 286 g/mol. The van der Waals surface area contributed by atoms with E-state index in [4.69, 9.17) is 4.74 Å². The van der Waals surface area contributed by atoms with Gasteiger partial charge in [-0.05, 0) is 52.7 Å². The van der Waals surface area contributed by atoms with Crippen LogP contribution in [0.1, 0.15) is 5.56 Å². The minimum atomic E-state index is -0.147. The Kier molecular flexibility index (Phi) is 4.39. The maximum absolute atomic E-state index is 11.9. The number of carbonyl (C=O) groups excluding carboxylic acids is 1. The van der Waals surface area contributed by atoms with Gasteiger partial charge in [-0.2, -0.15) is 0 Å². The van der Waals surface area contributed by atoms with Crippen LogP contribution in [-0.4, -0.2) is 13.0 Å². The van der Waals surface area contributed by atoms with Crippen molar-refractivity contribution >= 4 is 28.4 Å². The summed E-state index contributed by atoms with van der Waals surface area (Å²) >= 11 is 0. The summed E-state index contributed by atoms with van der Waals surface area (Å²) < 4.78 is 5.22. The molecule has 0 aliphatic carbocycles. The van der Waals surface area contributed by atoms with Crippen LogP contribution in [-0.2, 0) is 4.79 Å². The second-order valence-electron chi connectivity index (χ2n) is 5.16. The molecule has 1 N–H and O–H groups in total. The summed E-state index contributed by atoms with van der Waals surface area (Å²) in [6.45, 7) is 0. The molecule has 3 nitrogen and oxygen atoms in total. The molecule has 0 aliphatic heterocycles. The minimum absolute atomic E-state index is 0.147. The van der Waals surface area contributed by atoms with Gasteiger partial charge in [-0.3, -0.25) is 4.79 Å². The van der Waals surface area contributed by atoms with E-state index >= 15 is 0 Å². The van der Waals surface area contributed by atoms with Crippen LogP contribution in [0.2, 0.25) is 0 Å². The zero-order valence-electron chi connectivity index (χ0n) is 12.8. The van der Waals surface area contributed by atoms with E-state index in [2.05, 4.69) is 5.32 Å². The van der Waals surface area contributed by atoms with Crippen molar-refractivity contribution in [1.29, 1.82) is 0 Å². The summed E-state index contributed by atoms with van der Waals surface area (Å²) in [6.07, 6.45) is 3.35. The second-order valence-corrected chi connectivity index (χ2v) is 5.16. The summed E-state index contributed by atoms with van der Waals surface area (Å²) in [7, 11) is 1.66. The minimum Gasteiger partial charge on any atom is -0.497 e. The number of hydrogen-bond acceptors (Lipinski definition) is 2. The van der Waals surface area contributed by atoms with Crippen LogP contribution in [0.3, 0.4) is 0 Å². The maximum atomic E-state index is 11.9. The van der Waals surface area contributed by atoms with Crippen molar-refractivity contribution in [3.63, 3.8) is 0 Å². The van der Waals surface area contributed by atoms with E-state index in [0.29, 0.717) is 0 Å². The molecule has 3 rings (SSSR count). The zero-order chi connectivity index (χ0) is 16.1.